The molecule has 1 saturated heterocycles. The van der Waals surface area contributed by atoms with Crippen molar-refractivity contribution in [2.24, 2.45) is 5.92 Å². The van der Waals surface area contributed by atoms with Crippen LogP contribution >= 0.6 is 0 Å². The highest BCUT2D eigenvalue weighted by atomic mass is 16.7. The Morgan fingerprint density at radius 3 is 2.53 bits per heavy atom. The summed E-state index contributed by atoms with van der Waals surface area (Å²) in [5, 5.41) is 0. The van der Waals surface area contributed by atoms with Gasteiger partial charge in [0.1, 0.15) is 5.75 Å². The lowest BCUT2D eigenvalue weighted by Gasteiger charge is -2.35. The van der Waals surface area contributed by atoms with Gasteiger partial charge in [0.05, 0.1) is 20.3 Å². The predicted molar refractivity (Wildman–Crippen MR) is 73.3 cm³/mol. The summed E-state index contributed by atoms with van der Waals surface area (Å²) in [5.74, 6) is 1.49. The van der Waals surface area contributed by atoms with Gasteiger partial charge in [-0.2, -0.15) is 0 Å². The maximum absolute atomic E-state index is 5.78. The van der Waals surface area contributed by atoms with Crippen LogP contribution in [0.1, 0.15) is 31.2 Å². The summed E-state index contributed by atoms with van der Waals surface area (Å²) >= 11 is 0. The highest BCUT2D eigenvalue weighted by molar-refractivity contribution is 5.33. The molecule has 0 atom stereocenters. The van der Waals surface area contributed by atoms with Gasteiger partial charge in [-0.1, -0.05) is 18.2 Å². The third-order valence-corrected chi connectivity index (χ3v) is 4.38. The zero-order valence-electron chi connectivity index (χ0n) is 11.6. The van der Waals surface area contributed by atoms with Crippen molar-refractivity contribution in [1.29, 1.82) is 0 Å². The lowest BCUT2D eigenvalue weighted by Crippen LogP contribution is -2.35. The third-order valence-electron chi connectivity index (χ3n) is 4.38. The molecule has 0 amide bonds. The van der Waals surface area contributed by atoms with Gasteiger partial charge in [-0.15, -0.1) is 0 Å². The van der Waals surface area contributed by atoms with Crippen molar-refractivity contribution >= 4 is 0 Å². The molecule has 2 fully saturated rings. The number of hydrogen-bond acceptors (Lipinski definition) is 3. The summed E-state index contributed by atoms with van der Waals surface area (Å²) in [7, 11) is 1.74. The predicted octanol–water partition coefficient (Wildman–Crippen LogP) is 3.17. The average molecular weight is 262 g/mol. The molecule has 0 bridgehead atoms. The van der Waals surface area contributed by atoms with E-state index in [9.17, 15) is 0 Å². The van der Waals surface area contributed by atoms with E-state index in [0.29, 0.717) is 0 Å². The second-order valence-electron chi connectivity index (χ2n) is 5.57. The average Bonchev–Trinajstić information content (AvgIpc) is 2.91. The SMILES string of the molecule is COc1ccccc1CC1CCC2(CC1)OCCO2. The minimum atomic E-state index is -0.239. The first kappa shape index (κ1) is 12.9. The fourth-order valence-corrected chi connectivity index (χ4v) is 3.29. The van der Waals surface area contributed by atoms with Gasteiger partial charge >= 0.3 is 0 Å². The fraction of sp³-hybridized carbons (Fsp3) is 0.625. The van der Waals surface area contributed by atoms with Crippen LogP contribution in [0.25, 0.3) is 0 Å². The van der Waals surface area contributed by atoms with Crippen LogP contribution in [0.2, 0.25) is 0 Å². The number of methoxy groups -OCH3 is 1. The van der Waals surface area contributed by atoms with Crippen molar-refractivity contribution < 1.29 is 14.2 Å². The van der Waals surface area contributed by atoms with Crippen LogP contribution in [0.15, 0.2) is 24.3 Å². The highest BCUT2D eigenvalue weighted by Gasteiger charge is 2.40. The van der Waals surface area contributed by atoms with Gasteiger partial charge in [-0.25, -0.2) is 0 Å². The van der Waals surface area contributed by atoms with Crippen LogP contribution in [-0.4, -0.2) is 26.1 Å². The standard InChI is InChI=1S/C16H22O3/c1-17-15-5-3-2-4-14(15)12-13-6-8-16(9-7-13)18-10-11-19-16/h2-5,13H,6-12H2,1H3. The summed E-state index contributed by atoms with van der Waals surface area (Å²) in [5.41, 5.74) is 1.32. The highest BCUT2D eigenvalue weighted by Crippen LogP contribution is 2.39. The van der Waals surface area contributed by atoms with E-state index in [4.69, 9.17) is 14.2 Å². The number of ether oxygens (including phenoxy) is 3. The van der Waals surface area contributed by atoms with Crippen LogP contribution in [0, 0.1) is 5.92 Å². The Balaban J connectivity index is 1.60. The molecule has 104 valence electrons. The molecule has 1 aromatic carbocycles. The molecule has 0 aromatic heterocycles. The zero-order chi connectivity index (χ0) is 13.1. The van der Waals surface area contributed by atoms with Gasteiger partial charge in [-0.3, -0.25) is 0 Å². The van der Waals surface area contributed by atoms with E-state index in [1.807, 2.05) is 12.1 Å². The summed E-state index contributed by atoms with van der Waals surface area (Å²) in [6, 6.07) is 8.33. The lowest BCUT2D eigenvalue weighted by molar-refractivity contribution is -0.182. The first-order chi connectivity index (χ1) is 9.31. The molecular weight excluding hydrogens is 240 g/mol. The van der Waals surface area contributed by atoms with Gasteiger partial charge < -0.3 is 14.2 Å². The first-order valence-electron chi connectivity index (χ1n) is 7.21. The Morgan fingerprint density at radius 2 is 1.84 bits per heavy atom. The van der Waals surface area contributed by atoms with E-state index in [2.05, 4.69) is 12.1 Å². The molecule has 3 nitrogen and oxygen atoms in total. The van der Waals surface area contributed by atoms with E-state index < -0.39 is 0 Å². The Morgan fingerprint density at radius 1 is 1.16 bits per heavy atom. The molecule has 2 aliphatic rings. The summed E-state index contributed by atoms with van der Waals surface area (Å²) in [6.45, 7) is 1.52. The van der Waals surface area contributed by atoms with Crippen molar-refractivity contribution in [3.63, 3.8) is 0 Å². The smallest absolute Gasteiger partial charge is 0.168 e. The summed E-state index contributed by atoms with van der Waals surface area (Å²) in [4.78, 5) is 0. The van der Waals surface area contributed by atoms with Crippen molar-refractivity contribution in [3.8, 4) is 5.75 Å². The lowest BCUT2D eigenvalue weighted by atomic mass is 9.81. The van der Waals surface area contributed by atoms with Crippen molar-refractivity contribution in [2.75, 3.05) is 20.3 Å². The molecule has 19 heavy (non-hydrogen) atoms. The maximum Gasteiger partial charge on any atom is 0.168 e. The molecular formula is C16H22O3. The largest absolute Gasteiger partial charge is 0.496 e. The molecule has 1 spiro atoms. The monoisotopic (exact) mass is 262 g/mol. The minimum Gasteiger partial charge on any atom is -0.496 e. The van der Waals surface area contributed by atoms with Crippen LogP contribution in [0.4, 0.5) is 0 Å². The third kappa shape index (κ3) is 2.77. The van der Waals surface area contributed by atoms with Crippen LogP contribution in [-0.2, 0) is 15.9 Å². The molecule has 1 aliphatic heterocycles. The molecule has 1 aromatic rings. The summed E-state index contributed by atoms with van der Waals surface area (Å²) < 4.78 is 17.0. The molecule has 0 N–H and O–H groups in total. The molecule has 3 heteroatoms. The Kier molecular flexibility index (Phi) is 3.76. The van der Waals surface area contributed by atoms with Crippen LogP contribution in [0.5, 0.6) is 5.75 Å². The maximum atomic E-state index is 5.78. The molecule has 1 aliphatic carbocycles. The van der Waals surface area contributed by atoms with E-state index in [1.54, 1.807) is 7.11 Å². The normalized spacial score (nSPS) is 22.8. The van der Waals surface area contributed by atoms with Gasteiger partial charge in [0, 0.05) is 12.8 Å². The van der Waals surface area contributed by atoms with Crippen molar-refractivity contribution in [3.05, 3.63) is 29.8 Å². The van der Waals surface area contributed by atoms with Crippen LogP contribution in [0.3, 0.4) is 0 Å². The van der Waals surface area contributed by atoms with E-state index >= 15 is 0 Å². The van der Waals surface area contributed by atoms with Gasteiger partial charge in [0.25, 0.3) is 0 Å². The van der Waals surface area contributed by atoms with Crippen molar-refractivity contribution in [1.82, 2.24) is 0 Å². The first-order valence-corrected chi connectivity index (χ1v) is 7.21. The second kappa shape index (κ2) is 5.51. The van der Waals surface area contributed by atoms with Crippen molar-refractivity contribution in [2.45, 2.75) is 37.9 Å². The Labute approximate surface area is 114 Å². The van der Waals surface area contributed by atoms with Gasteiger partial charge in [-0.05, 0) is 36.8 Å². The minimum absolute atomic E-state index is 0.239. The molecule has 3 rings (SSSR count). The topological polar surface area (TPSA) is 27.7 Å². The number of rotatable bonds is 3. The van der Waals surface area contributed by atoms with Gasteiger partial charge in [0.2, 0.25) is 0 Å². The van der Waals surface area contributed by atoms with E-state index in [0.717, 1.165) is 44.1 Å². The fourth-order valence-electron chi connectivity index (χ4n) is 3.29. The van der Waals surface area contributed by atoms with E-state index in [1.165, 1.54) is 18.4 Å². The number of para-hydroxylation sites is 1. The molecule has 1 heterocycles. The Bertz CT molecular complexity index is 414. The summed E-state index contributed by atoms with van der Waals surface area (Å²) in [6.07, 6.45) is 5.52. The quantitative estimate of drug-likeness (QED) is 0.837. The molecule has 0 radical (unpaired) electrons. The number of benzene rings is 1. The zero-order valence-corrected chi connectivity index (χ0v) is 11.6. The Hall–Kier alpha value is -1.06. The van der Waals surface area contributed by atoms with Gasteiger partial charge in [0.15, 0.2) is 5.79 Å². The van der Waals surface area contributed by atoms with Crippen LogP contribution < -0.4 is 4.74 Å². The molecule has 0 unspecified atom stereocenters. The van der Waals surface area contributed by atoms with E-state index in [-0.39, 0.29) is 5.79 Å². The number of hydrogen-bond donors (Lipinski definition) is 0. The molecule has 1 saturated carbocycles. The second-order valence-corrected chi connectivity index (χ2v) is 5.57.